The first-order chi connectivity index (χ1) is 18.2. The molecular weight excluding hydrogens is 552 g/mol. The molecule has 0 amide bonds. The van der Waals surface area contributed by atoms with Crippen LogP contribution >= 0.6 is 0 Å². The summed E-state index contributed by atoms with van der Waals surface area (Å²) in [4.78, 5) is 0. The quantitative estimate of drug-likeness (QED) is 0.115. The zero-order valence-corrected chi connectivity index (χ0v) is 18.7. The first kappa shape index (κ1) is 26.4. The van der Waals surface area contributed by atoms with E-state index in [1.54, 1.807) is 0 Å². The normalized spacial score (nSPS) is 12.1. The van der Waals surface area contributed by atoms with Gasteiger partial charge in [0.1, 0.15) is 23.0 Å². The standard InChI is InChI=1S/C27H8F12/c28-9-4-5-10(15(30)6-9)18-12-7-16(31)17(32)8-13(12)19(11-2-1-3-14(29)20(11)18)21-23(33)25(35)22(27(37,38)39)26(36)24(21)34/h1-8H. The molecule has 0 N–H and O–H groups in total. The van der Waals surface area contributed by atoms with Crippen LogP contribution in [0.15, 0.2) is 48.5 Å². The first-order valence-electron chi connectivity index (χ1n) is 10.7. The molecular formula is C27H8F12. The molecule has 0 radical (unpaired) electrons. The van der Waals surface area contributed by atoms with E-state index in [1.165, 1.54) is 0 Å². The highest BCUT2D eigenvalue weighted by Gasteiger charge is 2.43. The van der Waals surface area contributed by atoms with Crippen LogP contribution < -0.4 is 0 Å². The Labute approximate surface area is 209 Å². The molecule has 200 valence electrons. The van der Waals surface area contributed by atoms with Gasteiger partial charge < -0.3 is 0 Å². The van der Waals surface area contributed by atoms with Crippen molar-refractivity contribution in [1.29, 1.82) is 0 Å². The van der Waals surface area contributed by atoms with Gasteiger partial charge in [-0.15, -0.1) is 0 Å². The van der Waals surface area contributed by atoms with Gasteiger partial charge in [-0.25, -0.2) is 39.5 Å². The smallest absolute Gasteiger partial charge is 0.207 e. The number of fused-ring (bicyclic) bond motifs is 2. The topological polar surface area (TPSA) is 0 Å². The van der Waals surface area contributed by atoms with Crippen molar-refractivity contribution < 1.29 is 52.7 Å². The fourth-order valence-electron chi connectivity index (χ4n) is 4.57. The molecule has 5 aromatic rings. The lowest BCUT2D eigenvalue weighted by Crippen LogP contribution is -2.16. The third kappa shape index (κ3) is 3.96. The average molecular weight is 560 g/mol. The molecule has 0 atom stereocenters. The summed E-state index contributed by atoms with van der Waals surface area (Å²) in [6.45, 7) is 0. The molecule has 0 fully saturated rings. The van der Waals surface area contributed by atoms with Gasteiger partial charge >= 0.3 is 6.18 Å². The van der Waals surface area contributed by atoms with E-state index < -0.39 is 108 Å². The largest absolute Gasteiger partial charge is 0.422 e. The van der Waals surface area contributed by atoms with Gasteiger partial charge in [-0.05, 0) is 46.5 Å². The second-order valence-corrected chi connectivity index (χ2v) is 8.35. The Kier molecular flexibility index (Phi) is 6.04. The molecule has 0 aliphatic carbocycles. The summed E-state index contributed by atoms with van der Waals surface area (Å²) in [6.07, 6.45) is -5.87. The predicted octanol–water partition coefficient (Wildman–Crippen LogP) is 9.60. The van der Waals surface area contributed by atoms with E-state index >= 15 is 13.2 Å². The Bertz CT molecular complexity index is 1810. The van der Waals surface area contributed by atoms with Crippen LogP contribution in [0.3, 0.4) is 0 Å². The van der Waals surface area contributed by atoms with Crippen molar-refractivity contribution in [2.75, 3.05) is 0 Å². The highest BCUT2D eigenvalue weighted by Crippen LogP contribution is 2.48. The summed E-state index contributed by atoms with van der Waals surface area (Å²) in [5, 5.41) is -2.84. The monoisotopic (exact) mass is 560 g/mol. The fraction of sp³-hybridized carbons (Fsp3) is 0.0370. The lowest BCUT2D eigenvalue weighted by Gasteiger charge is -2.20. The first-order valence-corrected chi connectivity index (χ1v) is 10.7. The molecule has 0 saturated heterocycles. The van der Waals surface area contributed by atoms with Crippen LogP contribution in [0.25, 0.3) is 43.8 Å². The van der Waals surface area contributed by atoms with Crippen LogP contribution in [-0.2, 0) is 6.18 Å². The van der Waals surface area contributed by atoms with Crippen LogP contribution in [0.5, 0.6) is 0 Å². The van der Waals surface area contributed by atoms with E-state index in [9.17, 15) is 39.5 Å². The van der Waals surface area contributed by atoms with Gasteiger partial charge in [-0.3, -0.25) is 0 Å². The van der Waals surface area contributed by atoms with E-state index in [0.29, 0.717) is 18.2 Å². The summed E-state index contributed by atoms with van der Waals surface area (Å²) in [5.41, 5.74) is -6.86. The molecule has 39 heavy (non-hydrogen) atoms. The number of halogens is 12. The number of hydrogen-bond acceptors (Lipinski definition) is 0. The molecule has 0 saturated carbocycles. The zero-order chi connectivity index (χ0) is 28.5. The van der Waals surface area contributed by atoms with Crippen molar-refractivity contribution in [1.82, 2.24) is 0 Å². The third-order valence-electron chi connectivity index (χ3n) is 6.13. The molecule has 0 unspecified atom stereocenters. The van der Waals surface area contributed by atoms with Crippen LogP contribution in [0, 0.1) is 52.4 Å². The van der Waals surface area contributed by atoms with Gasteiger partial charge in [-0.2, -0.15) is 13.2 Å². The van der Waals surface area contributed by atoms with E-state index in [4.69, 9.17) is 0 Å². The molecule has 0 bridgehead atoms. The Hall–Kier alpha value is -4.22. The predicted molar refractivity (Wildman–Crippen MR) is 117 cm³/mol. The second kappa shape index (κ2) is 8.92. The van der Waals surface area contributed by atoms with Crippen LogP contribution in [0.1, 0.15) is 5.56 Å². The van der Waals surface area contributed by atoms with Gasteiger partial charge in [-0.1, -0.05) is 12.1 Å². The Morgan fingerprint density at radius 2 is 1.03 bits per heavy atom. The molecule has 0 aliphatic rings. The highest BCUT2D eigenvalue weighted by atomic mass is 19.4. The minimum atomic E-state index is -5.87. The minimum absolute atomic E-state index is 0.293. The van der Waals surface area contributed by atoms with Crippen LogP contribution in [-0.4, -0.2) is 0 Å². The number of benzene rings is 5. The SMILES string of the molecule is Fc1ccc(-c2c3cc(F)c(F)cc3c(-c3c(F)c(F)c(C(F)(F)F)c(F)c3F)c3cccc(F)c23)c(F)c1. The highest BCUT2D eigenvalue weighted by molar-refractivity contribution is 6.21. The van der Waals surface area contributed by atoms with Gasteiger partial charge in [0.05, 0.1) is 5.56 Å². The summed E-state index contributed by atoms with van der Waals surface area (Å²) in [7, 11) is 0. The molecule has 0 spiro atoms. The summed E-state index contributed by atoms with van der Waals surface area (Å²) >= 11 is 0. The fourth-order valence-corrected chi connectivity index (χ4v) is 4.57. The number of alkyl halides is 3. The zero-order valence-electron chi connectivity index (χ0n) is 18.7. The van der Waals surface area contributed by atoms with Crippen molar-refractivity contribution in [3.8, 4) is 22.3 Å². The van der Waals surface area contributed by atoms with E-state index in [-0.39, 0.29) is 0 Å². The Morgan fingerprint density at radius 1 is 0.462 bits per heavy atom. The van der Waals surface area contributed by atoms with Crippen molar-refractivity contribution in [2.45, 2.75) is 6.18 Å². The van der Waals surface area contributed by atoms with Crippen molar-refractivity contribution in [3.63, 3.8) is 0 Å². The van der Waals surface area contributed by atoms with Crippen LogP contribution in [0.2, 0.25) is 0 Å². The van der Waals surface area contributed by atoms with Gasteiger partial charge in [0.25, 0.3) is 0 Å². The van der Waals surface area contributed by atoms with E-state index in [0.717, 1.165) is 30.3 Å². The lowest BCUT2D eigenvalue weighted by molar-refractivity contribution is -0.143. The summed E-state index contributed by atoms with van der Waals surface area (Å²) < 4.78 is 171. The Balaban J connectivity index is 2.09. The maximum atomic E-state index is 15.3. The van der Waals surface area contributed by atoms with Gasteiger partial charge in [0, 0.05) is 28.1 Å². The molecule has 0 heterocycles. The molecule has 5 aromatic carbocycles. The van der Waals surface area contributed by atoms with E-state index in [2.05, 4.69) is 0 Å². The van der Waals surface area contributed by atoms with Gasteiger partial charge in [0.2, 0.25) is 0 Å². The van der Waals surface area contributed by atoms with Gasteiger partial charge in [0.15, 0.2) is 34.9 Å². The molecule has 0 nitrogen and oxygen atoms in total. The molecule has 0 aliphatic heterocycles. The molecule has 12 heteroatoms. The molecule has 5 rings (SSSR count). The number of rotatable bonds is 2. The summed E-state index contributed by atoms with van der Waals surface area (Å²) in [6, 6.07) is 5.20. The Morgan fingerprint density at radius 3 is 1.56 bits per heavy atom. The maximum absolute atomic E-state index is 15.3. The maximum Gasteiger partial charge on any atom is 0.422 e. The third-order valence-corrected chi connectivity index (χ3v) is 6.13. The van der Waals surface area contributed by atoms with Crippen molar-refractivity contribution >= 4 is 21.5 Å². The lowest BCUT2D eigenvalue weighted by atomic mass is 9.84. The summed E-state index contributed by atoms with van der Waals surface area (Å²) in [5.74, 6) is -17.8. The van der Waals surface area contributed by atoms with E-state index in [1.807, 2.05) is 0 Å². The minimum Gasteiger partial charge on any atom is -0.207 e. The average Bonchev–Trinajstić information content (AvgIpc) is 2.84. The van der Waals surface area contributed by atoms with Crippen molar-refractivity contribution in [2.24, 2.45) is 0 Å². The van der Waals surface area contributed by atoms with Crippen molar-refractivity contribution in [3.05, 3.63) is 106 Å². The molecule has 0 aromatic heterocycles. The second-order valence-electron chi connectivity index (χ2n) is 8.35. The van der Waals surface area contributed by atoms with Crippen LogP contribution in [0.4, 0.5) is 52.7 Å². The number of hydrogen-bond donors (Lipinski definition) is 0.